The molecule has 0 radical (unpaired) electrons. The fraction of sp³-hybridized carbons (Fsp3) is 0.500. The quantitative estimate of drug-likeness (QED) is 0.688. The number of hydrogen-bond donors (Lipinski definition) is 3. The van der Waals surface area contributed by atoms with Gasteiger partial charge in [0.15, 0.2) is 0 Å². The van der Waals surface area contributed by atoms with Gasteiger partial charge in [-0.15, -0.1) is 11.3 Å². The highest BCUT2D eigenvalue weighted by atomic mass is 32.1. The molecule has 15 heavy (non-hydrogen) atoms. The lowest BCUT2D eigenvalue weighted by Gasteiger charge is -2.10. The van der Waals surface area contributed by atoms with Crippen LogP contribution in [0, 0.1) is 0 Å². The van der Waals surface area contributed by atoms with Crippen molar-refractivity contribution < 1.29 is 15.0 Å². The number of carboxylic acid groups (broad SMARTS) is 1. The summed E-state index contributed by atoms with van der Waals surface area (Å²) in [5, 5.41) is 20.6. The summed E-state index contributed by atoms with van der Waals surface area (Å²) in [5.74, 6) is -0.880. The van der Waals surface area contributed by atoms with Crippen molar-refractivity contribution in [1.82, 2.24) is 5.32 Å². The second-order valence-electron chi connectivity index (χ2n) is 3.37. The zero-order chi connectivity index (χ0) is 11.3. The molecule has 5 heteroatoms. The van der Waals surface area contributed by atoms with Crippen LogP contribution in [0.4, 0.5) is 0 Å². The Labute approximate surface area is 92.6 Å². The van der Waals surface area contributed by atoms with Crippen LogP contribution in [0.25, 0.3) is 0 Å². The third-order valence-electron chi connectivity index (χ3n) is 2.06. The van der Waals surface area contributed by atoms with Gasteiger partial charge in [-0.2, -0.15) is 0 Å². The van der Waals surface area contributed by atoms with Crippen LogP contribution >= 0.6 is 11.3 Å². The number of carbonyl (C=O) groups is 1. The number of aliphatic hydroxyl groups excluding tert-OH is 1. The summed E-state index contributed by atoms with van der Waals surface area (Å²) in [7, 11) is 0. The first-order chi connectivity index (χ1) is 7.13. The van der Waals surface area contributed by atoms with Crippen molar-refractivity contribution in [3.8, 4) is 0 Å². The number of rotatable bonds is 6. The average Bonchev–Trinajstić information content (AvgIpc) is 2.63. The molecular formula is C10H15NO3S. The molecule has 0 aliphatic heterocycles. The Morgan fingerprint density at radius 3 is 2.87 bits per heavy atom. The lowest BCUT2D eigenvalue weighted by molar-refractivity contribution is 0.0702. The topological polar surface area (TPSA) is 69.6 Å². The average molecular weight is 229 g/mol. The zero-order valence-electron chi connectivity index (χ0n) is 8.56. The van der Waals surface area contributed by atoms with Gasteiger partial charge in [0.2, 0.25) is 0 Å². The van der Waals surface area contributed by atoms with E-state index in [0.717, 1.165) is 4.88 Å². The molecule has 3 N–H and O–H groups in total. The Kier molecular flexibility index (Phi) is 4.74. The predicted octanol–water partition coefficient (Wildman–Crippen LogP) is 1.31. The molecule has 0 aromatic carbocycles. The van der Waals surface area contributed by atoms with Gasteiger partial charge in [-0.3, -0.25) is 0 Å². The van der Waals surface area contributed by atoms with Crippen molar-refractivity contribution >= 4 is 17.3 Å². The van der Waals surface area contributed by atoms with Crippen molar-refractivity contribution in [2.45, 2.75) is 25.9 Å². The van der Waals surface area contributed by atoms with E-state index in [2.05, 4.69) is 5.32 Å². The van der Waals surface area contributed by atoms with E-state index < -0.39 is 5.97 Å². The first kappa shape index (κ1) is 12.2. The minimum absolute atomic E-state index is 0.166. The fourth-order valence-corrected chi connectivity index (χ4v) is 1.96. The normalized spacial score (nSPS) is 12.7. The van der Waals surface area contributed by atoms with Crippen molar-refractivity contribution in [2.24, 2.45) is 0 Å². The highest BCUT2D eigenvalue weighted by molar-refractivity contribution is 7.13. The van der Waals surface area contributed by atoms with Crippen LogP contribution in [0.15, 0.2) is 12.1 Å². The maximum atomic E-state index is 10.6. The second kappa shape index (κ2) is 5.85. The maximum Gasteiger partial charge on any atom is 0.345 e. The molecule has 0 saturated carbocycles. The van der Waals surface area contributed by atoms with Gasteiger partial charge in [0, 0.05) is 24.1 Å². The van der Waals surface area contributed by atoms with E-state index in [-0.39, 0.29) is 12.6 Å². The van der Waals surface area contributed by atoms with E-state index >= 15 is 0 Å². The summed E-state index contributed by atoms with van der Waals surface area (Å²) < 4.78 is 0. The van der Waals surface area contributed by atoms with Crippen LogP contribution in [0.2, 0.25) is 0 Å². The summed E-state index contributed by atoms with van der Waals surface area (Å²) in [6.45, 7) is 2.81. The van der Waals surface area contributed by atoms with Crippen molar-refractivity contribution in [3.63, 3.8) is 0 Å². The molecule has 1 aromatic heterocycles. The molecule has 1 atom stereocenters. The Morgan fingerprint density at radius 1 is 1.60 bits per heavy atom. The smallest absolute Gasteiger partial charge is 0.345 e. The van der Waals surface area contributed by atoms with Crippen LogP contribution in [-0.4, -0.2) is 28.8 Å². The Balaban J connectivity index is 2.40. The third kappa shape index (κ3) is 3.99. The fourth-order valence-electron chi connectivity index (χ4n) is 1.16. The molecule has 0 aliphatic carbocycles. The number of hydrogen-bond acceptors (Lipinski definition) is 4. The molecule has 1 heterocycles. The Hall–Kier alpha value is -0.910. The Morgan fingerprint density at radius 2 is 2.33 bits per heavy atom. The molecule has 0 spiro atoms. The van der Waals surface area contributed by atoms with E-state index in [0.29, 0.717) is 17.8 Å². The standard InChI is InChI=1S/C10H15NO3S/c1-7(4-5-12)11-6-8-2-3-9(15-8)10(13)14/h2-3,7,11-12H,4-6H2,1H3,(H,13,14). The minimum Gasteiger partial charge on any atom is -0.477 e. The second-order valence-corrected chi connectivity index (χ2v) is 4.53. The first-order valence-electron chi connectivity index (χ1n) is 4.79. The third-order valence-corrected chi connectivity index (χ3v) is 3.13. The molecule has 1 aromatic rings. The monoisotopic (exact) mass is 229 g/mol. The van der Waals surface area contributed by atoms with Crippen LogP contribution in [0.5, 0.6) is 0 Å². The summed E-state index contributed by atoms with van der Waals surface area (Å²) >= 11 is 1.28. The number of nitrogens with one attached hydrogen (secondary N) is 1. The van der Waals surface area contributed by atoms with Crippen molar-refractivity contribution in [1.29, 1.82) is 0 Å². The molecule has 1 unspecified atom stereocenters. The summed E-state index contributed by atoms with van der Waals surface area (Å²) in [6, 6.07) is 3.67. The van der Waals surface area contributed by atoms with Gasteiger partial charge < -0.3 is 15.5 Å². The van der Waals surface area contributed by atoms with E-state index in [1.807, 2.05) is 13.0 Å². The zero-order valence-corrected chi connectivity index (χ0v) is 9.38. The molecule has 0 aliphatic rings. The minimum atomic E-state index is -0.880. The largest absolute Gasteiger partial charge is 0.477 e. The highest BCUT2D eigenvalue weighted by Crippen LogP contribution is 2.16. The van der Waals surface area contributed by atoms with E-state index in [1.54, 1.807) is 6.07 Å². The van der Waals surface area contributed by atoms with Gasteiger partial charge >= 0.3 is 5.97 Å². The van der Waals surface area contributed by atoms with Gasteiger partial charge in [-0.25, -0.2) is 4.79 Å². The van der Waals surface area contributed by atoms with Crippen molar-refractivity contribution in [2.75, 3.05) is 6.61 Å². The van der Waals surface area contributed by atoms with Crippen LogP contribution in [0.3, 0.4) is 0 Å². The Bertz CT molecular complexity index is 324. The summed E-state index contributed by atoms with van der Waals surface area (Å²) in [6.07, 6.45) is 0.706. The van der Waals surface area contributed by atoms with Crippen LogP contribution in [0.1, 0.15) is 27.9 Å². The van der Waals surface area contributed by atoms with Gasteiger partial charge in [0.05, 0.1) is 0 Å². The van der Waals surface area contributed by atoms with Crippen LogP contribution < -0.4 is 5.32 Å². The maximum absolute atomic E-state index is 10.6. The number of aliphatic hydroxyl groups is 1. The molecule has 0 bridgehead atoms. The molecule has 84 valence electrons. The molecule has 0 amide bonds. The number of thiophene rings is 1. The van der Waals surface area contributed by atoms with E-state index in [9.17, 15) is 4.79 Å². The molecule has 1 rings (SSSR count). The van der Waals surface area contributed by atoms with Gasteiger partial charge in [0.1, 0.15) is 4.88 Å². The molecular weight excluding hydrogens is 214 g/mol. The van der Waals surface area contributed by atoms with Gasteiger partial charge in [-0.1, -0.05) is 0 Å². The van der Waals surface area contributed by atoms with Gasteiger partial charge in [-0.05, 0) is 25.5 Å². The lowest BCUT2D eigenvalue weighted by Crippen LogP contribution is -2.25. The molecule has 0 saturated heterocycles. The first-order valence-corrected chi connectivity index (χ1v) is 5.61. The summed E-state index contributed by atoms with van der Waals surface area (Å²) in [4.78, 5) is 12.0. The van der Waals surface area contributed by atoms with E-state index in [4.69, 9.17) is 10.2 Å². The van der Waals surface area contributed by atoms with Crippen molar-refractivity contribution in [3.05, 3.63) is 21.9 Å². The highest BCUT2D eigenvalue weighted by Gasteiger charge is 2.07. The number of carboxylic acids is 1. The van der Waals surface area contributed by atoms with E-state index in [1.165, 1.54) is 11.3 Å². The molecule has 4 nitrogen and oxygen atoms in total. The number of aromatic carboxylic acids is 1. The summed E-state index contributed by atoms with van der Waals surface area (Å²) in [5.41, 5.74) is 0. The molecule has 0 fully saturated rings. The van der Waals surface area contributed by atoms with Gasteiger partial charge in [0.25, 0.3) is 0 Å². The SMILES string of the molecule is CC(CCO)NCc1ccc(C(=O)O)s1. The lowest BCUT2D eigenvalue weighted by atomic mass is 10.2. The predicted molar refractivity (Wildman–Crippen MR) is 59.3 cm³/mol. The van der Waals surface area contributed by atoms with Crippen LogP contribution in [-0.2, 0) is 6.54 Å².